The van der Waals surface area contributed by atoms with Gasteiger partial charge in [-0.3, -0.25) is 14.8 Å². The van der Waals surface area contributed by atoms with Gasteiger partial charge in [0.05, 0.1) is 26.2 Å². The topological polar surface area (TPSA) is 132 Å². The number of unbranched alkanes of at least 4 members (excludes halogenated alkanes) is 3. The molecule has 1 aromatic carbocycles. The van der Waals surface area contributed by atoms with E-state index in [1.165, 1.54) is 5.57 Å². The van der Waals surface area contributed by atoms with E-state index in [1.807, 2.05) is 24.3 Å². The van der Waals surface area contributed by atoms with Crippen molar-refractivity contribution in [3.05, 3.63) is 53.6 Å². The zero-order chi connectivity index (χ0) is 32.2. The lowest BCUT2D eigenvalue weighted by atomic mass is 9.65. The third-order valence-corrected chi connectivity index (χ3v) is 9.26. The molecule has 1 heterocycles. The van der Waals surface area contributed by atoms with Gasteiger partial charge >= 0.3 is 12.1 Å². The second-order valence-corrected chi connectivity index (χ2v) is 12.8. The van der Waals surface area contributed by atoms with Crippen molar-refractivity contribution in [2.24, 2.45) is 23.7 Å². The number of fused-ring (bicyclic) bond motifs is 1. The third kappa shape index (κ3) is 10.6. The smallest absolute Gasteiger partial charge is 0.407 e. The number of carbonyl (C=O) groups is 3. The summed E-state index contributed by atoms with van der Waals surface area (Å²) in [5.74, 6) is 1.13. The number of cyclic esters (lactones) is 1. The highest BCUT2D eigenvalue weighted by Gasteiger charge is 2.42. The Hall–Kier alpha value is -3.37. The molecule has 248 valence electrons. The molecule has 0 saturated carbocycles. The van der Waals surface area contributed by atoms with Gasteiger partial charge in [-0.1, -0.05) is 57.0 Å². The maximum absolute atomic E-state index is 12.8. The van der Waals surface area contributed by atoms with E-state index in [9.17, 15) is 14.4 Å². The molecule has 4 rings (SSSR count). The second kappa shape index (κ2) is 17.4. The molecule has 0 aromatic heterocycles. The Balaban J connectivity index is 1.28. The number of hydroxylamine groups is 1. The van der Waals surface area contributed by atoms with Crippen LogP contribution >= 0.6 is 0 Å². The number of allylic oxidation sites excluding steroid dienone is 3. The molecule has 1 aromatic rings. The Kier molecular flexibility index (Phi) is 13.3. The first-order chi connectivity index (χ1) is 21.7. The van der Waals surface area contributed by atoms with Crippen LogP contribution in [0.5, 0.6) is 5.75 Å². The predicted octanol–water partition coefficient (Wildman–Crippen LogP) is 6.02. The van der Waals surface area contributed by atoms with Crippen molar-refractivity contribution in [3.8, 4) is 5.75 Å². The molecule has 1 fully saturated rings. The molecule has 3 N–H and O–H groups in total. The number of methoxy groups -OCH3 is 1. The summed E-state index contributed by atoms with van der Waals surface area (Å²) in [4.78, 5) is 36.5. The monoisotopic (exact) mass is 626 g/mol. The SMILES string of the molecule is COc1ccc(CO[C@H]2CC(=O)O[C@H](CC[C@@H]3[C@@H]4C(=C[C@H](C)C[C@@H]4OC(=O)NCCCCCCC(=O)NO)C=C[C@@H]3C)C2)cc1. The summed E-state index contributed by atoms with van der Waals surface area (Å²) in [7, 11) is 1.64. The highest BCUT2D eigenvalue weighted by Crippen LogP contribution is 2.45. The summed E-state index contributed by atoms with van der Waals surface area (Å²) in [6, 6.07) is 7.74. The van der Waals surface area contributed by atoms with Gasteiger partial charge in [-0.2, -0.15) is 0 Å². The van der Waals surface area contributed by atoms with Gasteiger partial charge in [0.15, 0.2) is 0 Å². The molecular weight excluding hydrogens is 576 g/mol. The average Bonchev–Trinajstić information content (AvgIpc) is 3.02. The molecule has 10 heteroatoms. The maximum Gasteiger partial charge on any atom is 0.407 e. The van der Waals surface area contributed by atoms with E-state index in [1.54, 1.807) is 12.6 Å². The summed E-state index contributed by atoms with van der Waals surface area (Å²) < 4.78 is 23.2. The highest BCUT2D eigenvalue weighted by molar-refractivity contribution is 5.74. The van der Waals surface area contributed by atoms with Crippen molar-refractivity contribution in [2.75, 3.05) is 13.7 Å². The third-order valence-electron chi connectivity index (χ3n) is 9.26. The van der Waals surface area contributed by atoms with Crippen LogP contribution in [0.1, 0.15) is 83.6 Å². The maximum atomic E-state index is 12.8. The average molecular weight is 627 g/mol. The summed E-state index contributed by atoms with van der Waals surface area (Å²) in [5, 5.41) is 11.5. The van der Waals surface area contributed by atoms with Crippen molar-refractivity contribution in [2.45, 2.75) is 103 Å². The first kappa shape index (κ1) is 34.5. The van der Waals surface area contributed by atoms with Crippen LogP contribution in [0, 0.1) is 23.7 Å². The number of nitrogens with one attached hydrogen (secondary N) is 2. The van der Waals surface area contributed by atoms with Gasteiger partial charge < -0.3 is 24.3 Å². The largest absolute Gasteiger partial charge is 0.497 e. The fourth-order valence-corrected chi connectivity index (χ4v) is 6.87. The lowest BCUT2D eigenvalue weighted by Gasteiger charge is -2.43. The van der Waals surface area contributed by atoms with Gasteiger partial charge in [0.2, 0.25) is 5.91 Å². The Labute approximate surface area is 266 Å². The zero-order valence-corrected chi connectivity index (χ0v) is 26.9. The van der Waals surface area contributed by atoms with Crippen LogP contribution in [0.2, 0.25) is 0 Å². The number of ether oxygens (including phenoxy) is 4. The van der Waals surface area contributed by atoms with E-state index in [4.69, 9.17) is 24.2 Å². The normalized spacial score (nSPS) is 27.5. The van der Waals surface area contributed by atoms with Crippen LogP contribution in [0.25, 0.3) is 0 Å². The van der Waals surface area contributed by atoms with E-state index >= 15 is 0 Å². The Morgan fingerprint density at radius 2 is 1.82 bits per heavy atom. The van der Waals surface area contributed by atoms with Gasteiger partial charge in [-0.15, -0.1) is 0 Å². The quantitative estimate of drug-likeness (QED) is 0.0932. The number of hydrogen-bond acceptors (Lipinski definition) is 8. The van der Waals surface area contributed by atoms with Gasteiger partial charge in [-0.05, 0) is 73.1 Å². The van der Waals surface area contributed by atoms with Crippen molar-refractivity contribution < 1.29 is 38.5 Å². The summed E-state index contributed by atoms with van der Waals surface area (Å²) in [6.07, 6.45) is 12.5. The lowest BCUT2D eigenvalue weighted by Crippen LogP contribution is -2.43. The molecule has 1 saturated heterocycles. The molecule has 0 spiro atoms. The first-order valence-electron chi connectivity index (χ1n) is 16.5. The Morgan fingerprint density at radius 1 is 1.04 bits per heavy atom. The molecule has 0 radical (unpaired) electrons. The zero-order valence-electron chi connectivity index (χ0n) is 26.9. The first-order valence-corrected chi connectivity index (χ1v) is 16.5. The minimum Gasteiger partial charge on any atom is -0.497 e. The van der Waals surface area contributed by atoms with Gasteiger partial charge in [0, 0.05) is 25.3 Å². The minimum absolute atomic E-state index is 0.0889. The molecule has 0 bridgehead atoms. The van der Waals surface area contributed by atoms with E-state index in [0.29, 0.717) is 44.2 Å². The molecule has 10 nitrogen and oxygen atoms in total. The van der Waals surface area contributed by atoms with Crippen molar-refractivity contribution in [1.82, 2.24) is 10.8 Å². The summed E-state index contributed by atoms with van der Waals surface area (Å²) in [5.41, 5.74) is 3.89. The van der Waals surface area contributed by atoms with Crippen molar-refractivity contribution >= 4 is 18.0 Å². The van der Waals surface area contributed by atoms with Crippen LogP contribution in [0.15, 0.2) is 48.1 Å². The number of benzene rings is 1. The van der Waals surface area contributed by atoms with Gasteiger partial charge in [-0.25, -0.2) is 10.3 Å². The van der Waals surface area contributed by atoms with Crippen LogP contribution in [-0.4, -0.2) is 55.1 Å². The Bertz CT molecular complexity index is 1180. The molecule has 1 aliphatic heterocycles. The van der Waals surface area contributed by atoms with Crippen molar-refractivity contribution in [1.29, 1.82) is 0 Å². The number of hydrogen-bond donors (Lipinski definition) is 3. The predicted molar refractivity (Wildman–Crippen MR) is 168 cm³/mol. The van der Waals surface area contributed by atoms with E-state index < -0.39 is 6.09 Å². The fraction of sp³-hybridized carbons (Fsp3) is 0.629. The molecule has 3 aliphatic rings. The lowest BCUT2D eigenvalue weighted by molar-refractivity contribution is -0.164. The number of alkyl carbamates (subject to hydrolysis) is 1. The molecule has 45 heavy (non-hydrogen) atoms. The molecule has 7 atom stereocenters. The van der Waals surface area contributed by atoms with Crippen LogP contribution in [-0.2, 0) is 30.4 Å². The summed E-state index contributed by atoms with van der Waals surface area (Å²) >= 11 is 0. The highest BCUT2D eigenvalue weighted by atomic mass is 16.6. The van der Waals surface area contributed by atoms with Crippen LogP contribution in [0.3, 0.4) is 0 Å². The molecular formula is C35H50N2O8. The second-order valence-electron chi connectivity index (χ2n) is 12.8. The number of esters is 1. The van der Waals surface area contributed by atoms with Crippen LogP contribution in [0.4, 0.5) is 4.79 Å². The molecule has 2 amide bonds. The van der Waals surface area contributed by atoms with Crippen molar-refractivity contribution in [3.63, 3.8) is 0 Å². The van der Waals surface area contributed by atoms with E-state index in [0.717, 1.165) is 49.8 Å². The molecule has 0 unspecified atom stereocenters. The number of amides is 2. The fourth-order valence-electron chi connectivity index (χ4n) is 6.87. The van der Waals surface area contributed by atoms with Gasteiger partial charge in [0.25, 0.3) is 0 Å². The van der Waals surface area contributed by atoms with Gasteiger partial charge in [0.1, 0.15) is 18.0 Å². The summed E-state index contributed by atoms with van der Waals surface area (Å²) in [6.45, 7) is 5.31. The minimum atomic E-state index is -0.396. The number of rotatable bonds is 15. The van der Waals surface area contributed by atoms with E-state index in [2.05, 4.69) is 37.4 Å². The van der Waals surface area contributed by atoms with E-state index in [-0.39, 0.29) is 48.4 Å². The van der Waals surface area contributed by atoms with Crippen LogP contribution < -0.4 is 15.5 Å². The Morgan fingerprint density at radius 3 is 2.58 bits per heavy atom. The number of carbonyl (C=O) groups excluding carboxylic acids is 3. The standard InChI is InChI=1S/C35H50N2O8/c1-23-18-26-12-9-24(2)30(34(26)31(19-23)45-35(40)36-17-7-5-4-6-8-32(38)37-41)16-15-28-20-29(21-33(39)44-28)43-22-25-10-13-27(42-3)14-11-25/h9-14,18,23-24,28-31,34,41H,4-8,15-17,19-22H2,1-3H3,(H,36,40)(H,37,38)/t23-,24-,28+,29+,30-,31-,34-/m0/s1. The molecule has 2 aliphatic carbocycles.